The van der Waals surface area contributed by atoms with Crippen LogP contribution in [0.4, 0.5) is 4.79 Å². The molecule has 0 aromatic carbocycles. The summed E-state index contributed by atoms with van der Waals surface area (Å²) in [5, 5.41) is 11.3. The summed E-state index contributed by atoms with van der Waals surface area (Å²) in [5.74, 6) is -2.17. The number of ether oxygens (including phenoxy) is 1. The third kappa shape index (κ3) is 5.98. The van der Waals surface area contributed by atoms with E-state index in [2.05, 4.69) is 11.5 Å². The summed E-state index contributed by atoms with van der Waals surface area (Å²) >= 11 is 0. The number of unbranched alkanes of at least 4 members (excludes halogenated alkanes) is 1. The number of esters is 1. The van der Waals surface area contributed by atoms with Crippen LogP contribution < -0.4 is 11.1 Å². The average Bonchev–Trinajstić information content (AvgIpc) is 2.87. The van der Waals surface area contributed by atoms with Crippen molar-refractivity contribution in [2.24, 2.45) is 11.7 Å². The molecule has 3 N–H and O–H groups in total. The van der Waals surface area contributed by atoms with Crippen molar-refractivity contribution in [2.45, 2.75) is 60.1 Å². The molecule has 1 aromatic rings. The second-order valence-electron chi connectivity index (χ2n) is 6.92. The Morgan fingerprint density at radius 1 is 1.36 bits per heavy atom. The molecular weight excluding hydrogens is 360 g/mol. The molecule has 1 atom stereocenters. The molecule has 152 valence electrons. The number of carbonyl (C=O) groups excluding carboxylic acids is 3. The quantitative estimate of drug-likeness (QED) is 0.402. The van der Waals surface area contributed by atoms with Crippen LogP contribution >= 0.6 is 0 Å². The smallest absolute Gasteiger partial charge is 0.349 e. The molecule has 0 spiro atoms. The molecule has 1 heterocycles. The van der Waals surface area contributed by atoms with Crippen molar-refractivity contribution in [3.63, 3.8) is 0 Å². The van der Waals surface area contributed by atoms with Crippen molar-refractivity contribution < 1.29 is 19.1 Å². The second kappa shape index (κ2) is 10.3. The van der Waals surface area contributed by atoms with Gasteiger partial charge in [-0.1, -0.05) is 27.2 Å². The van der Waals surface area contributed by atoms with E-state index in [0.29, 0.717) is 0 Å². The van der Waals surface area contributed by atoms with Gasteiger partial charge in [0.15, 0.2) is 6.10 Å². The van der Waals surface area contributed by atoms with E-state index in [1.165, 1.54) is 6.08 Å². The summed E-state index contributed by atoms with van der Waals surface area (Å²) in [5.41, 5.74) is 7.43. The fourth-order valence-electron chi connectivity index (χ4n) is 2.79. The number of imide groups is 1. The van der Waals surface area contributed by atoms with E-state index < -0.39 is 29.9 Å². The number of hydrogen-bond acceptors (Lipinski definition) is 5. The molecule has 3 amide bonds. The number of amides is 3. The normalized spacial score (nSPS) is 12.4. The van der Waals surface area contributed by atoms with Crippen LogP contribution in [0.2, 0.25) is 0 Å². The lowest BCUT2D eigenvalue weighted by atomic mass is 10.1. The molecule has 0 aliphatic carbocycles. The van der Waals surface area contributed by atoms with E-state index in [9.17, 15) is 19.6 Å². The fourth-order valence-corrected chi connectivity index (χ4v) is 2.79. The molecule has 0 radical (unpaired) electrons. The molecule has 0 fully saturated rings. The number of carbonyl (C=O) groups is 3. The maximum Gasteiger partial charge on any atom is 0.349 e. The lowest BCUT2D eigenvalue weighted by Gasteiger charge is -2.19. The van der Waals surface area contributed by atoms with Crippen molar-refractivity contribution in [1.82, 2.24) is 9.88 Å². The summed E-state index contributed by atoms with van der Waals surface area (Å²) in [4.78, 5) is 35.3. The summed E-state index contributed by atoms with van der Waals surface area (Å²) < 4.78 is 7.32. The summed E-state index contributed by atoms with van der Waals surface area (Å²) in [6, 6.07) is 2.69. The number of primary amides is 1. The van der Waals surface area contributed by atoms with E-state index in [1.807, 2.05) is 31.3 Å². The zero-order valence-corrected chi connectivity index (χ0v) is 17.0. The highest BCUT2D eigenvalue weighted by molar-refractivity contribution is 6.01. The van der Waals surface area contributed by atoms with Crippen LogP contribution in [0, 0.1) is 31.1 Å². The lowest BCUT2D eigenvalue weighted by Crippen LogP contribution is -2.45. The van der Waals surface area contributed by atoms with Crippen LogP contribution in [0.5, 0.6) is 0 Å². The Bertz CT molecular complexity index is 815. The van der Waals surface area contributed by atoms with Crippen LogP contribution in [0.15, 0.2) is 11.6 Å². The first-order valence-corrected chi connectivity index (χ1v) is 9.22. The van der Waals surface area contributed by atoms with Gasteiger partial charge in [-0.15, -0.1) is 0 Å². The van der Waals surface area contributed by atoms with Crippen molar-refractivity contribution >= 4 is 24.0 Å². The maximum atomic E-state index is 12.4. The Balaban J connectivity index is 3.09. The number of hydrogen-bond donors (Lipinski definition) is 2. The number of nitrogens with zero attached hydrogens (tertiary/aromatic N) is 2. The van der Waals surface area contributed by atoms with Gasteiger partial charge in [-0.25, -0.2) is 9.59 Å². The average molecular weight is 388 g/mol. The predicted octanol–water partition coefficient (Wildman–Crippen LogP) is 2.57. The van der Waals surface area contributed by atoms with Crippen molar-refractivity contribution in [1.29, 1.82) is 5.26 Å². The van der Waals surface area contributed by atoms with Crippen LogP contribution in [-0.2, 0) is 20.9 Å². The number of aromatic nitrogens is 1. The van der Waals surface area contributed by atoms with Crippen molar-refractivity contribution in [3.05, 3.63) is 28.6 Å². The van der Waals surface area contributed by atoms with E-state index in [1.54, 1.807) is 13.8 Å². The van der Waals surface area contributed by atoms with Gasteiger partial charge < -0.3 is 15.0 Å². The van der Waals surface area contributed by atoms with Crippen LogP contribution in [0.3, 0.4) is 0 Å². The van der Waals surface area contributed by atoms with Crippen LogP contribution in [-0.4, -0.2) is 28.6 Å². The van der Waals surface area contributed by atoms with E-state index in [-0.39, 0.29) is 5.57 Å². The van der Waals surface area contributed by atoms with Gasteiger partial charge in [0, 0.05) is 17.9 Å². The molecule has 0 saturated carbocycles. The highest BCUT2D eigenvalue weighted by atomic mass is 16.5. The zero-order valence-electron chi connectivity index (χ0n) is 17.0. The van der Waals surface area contributed by atoms with E-state index >= 15 is 0 Å². The van der Waals surface area contributed by atoms with Crippen LogP contribution in [0.1, 0.15) is 50.6 Å². The number of urea groups is 1. The standard InChI is InChI=1S/C20H28N4O4/c1-6-7-8-24-13(4)9-15(14(24)5)10-16(11-21)19(26)28-17(12(2)3)18(25)23-20(22)27/h9-10,12,17H,6-8H2,1-5H3,(H3,22,23,25,27)/b16-10+/t17-/m0/s1. The fraction of sp³-hybridized carbons (Fsp3) is 0.500. The predicted molar refractivity (Wildman–Crippen MR) is 105 cm³/mol. The molecule has 0 aliphatic rings. The Morgan fingerprint density at radius 2 is 2.00 bits per heavy atom. The minimum atomic E-state index is -1.24. The zero-order chi connectivity index (χ0) is 21.4. The largest absolute Gasteiger partial charge is 0.448 e. The number of nitriles is 1. The van der Waals surface area contributed by atoms with Crippen LogP contribution in [0.25, 0.3) is 6.08 Å². The third-order valence-electron chi connectivity index (χ3n) is 4.33. The molecular formula is C20H28N4O4. The molecule has 0 bridgehead atoms. The van der Waals surface area contributed by atoms with Gasteiger partial charge in [-0.3, -0.25) is 10.1 Å². The van der Waals surface area contributed by atoms with E-state index in [4.69, 9.17) is 10.5 Å². The molecule has 0 unspecified atom stereocenters. The third-order valence-corrected chi connectivity index (χ3v) is 4.33. The molecule has 1 aromatic heterocycles. The first-order valence-electron chi connectivity index (χ1n) is 9.22. The molecule has 1 rings (SSSR count). The number of nitrogens with one attached hydrogen (secondary N) is 1. The Hall–Kier alpha value is -3.08. The summed E-state index contributed by atoms with van der Waals surface area (Å²) in [6.07, 6.45) is 2.30. The van der Waals surface area contributed by atoms with E-state index in [0.717, 1.165) is 36.3 Å². The minimum absolute atomic E-state index is 0.228. The van der Waals surface area contributed by atoms with Gasteiger partial charge in [0.25, 0.3) is 5.91 Å². The van der Waals surface area contributed by atoms with Gasteiger partial charge in [0.2, 0.25) is 0 Å². The summed E-state index contributed by atoms with van der Waals surface area (Å²) in [7, 11) is 0. The van der Waals surface area contributed by atoms with Gasteiger partial charge in [-0.2, -0.15) is 5.26 Å². The number of rotatable bonds is 8. The summed E-state index contributed by atoms with van der Waals surface area (Å²) in [6.45, 7) is 10.2. The monoisotopic (exact) mass is 388 g/mol. The Morgan fingerprint density at radius 3 is 2.50 bits per heavy atom. The molecule has 28 heavy (non-hydrogen) atoms. The van der Waals surface area contributed by atoms with Crippen molar-refractivity contribution in [3.8, 4) is 6.07 Å². The first kappa shape index (κ1) is 23.0. The highest BCUT2D eigenvalue weighted by Crippen LogP contribution is 2.20. The molecule has 8 heteroatoms. The SMILES string of the molecule is CCCCn1c(C)cc(/C=C(\C#N)C(=O)O[C@H](C(=O)NC(N)=O)C(C)C)c1C. The van der Waals surface area contributed by atoms with Gasteiger partial charge >= 0.3 is 12.0 Å². The number of aryl methyl sites for hydroxylation is 1. The number of nitrogens with two attached hydrogens (primary N) is 1. The Kier molecular flexibility index (Phi) is 8.45. The highest BCUT2D eigenvalue weighted by Gasteiger charge is 2.28. The first-order chi connectivity index (χ1) is 13.1. The van der Waals surface area contributed by atoms with Gasteiger partial charge in [-0.05, 0) is 43.9 Å². The minimum Gasteiger partial charge on any atom is -0.448 e. The van der Waals surface area contributed by atoms with Gasteiger partial charge in [0.05, 0.1) is 0 Å². The molecule has 8 nitrogen and oxygen atoms in total. The Labute approximate surface area is 165 Å². The molecule has 0 saturated heterocycles. The van der Waals surface area contributed by atoms with Crippen molar-refractivity contribution in [2.75, 3.05) is 0 Å². The lowest BCUT2D eigenvalue weighted by molar-refractivity contribution is -0.154. The molecule has 0 aliphatic heterocycles. The van der Waals surface area contributed by atoms with Gasteiger partial charge in [0.1, 0.15) is 11.6 Å². The maximum absolute atomic E-state index is 12.4. The topological polar surface area (TPSA) is 127 Å². The second-order valence-corrected chi connectivity index (χ2v) is 6.92.